The largest absolute Gasteiger partial charge is 0.493 e. The molecule has 30 heavy (non-hydrogen) atoms. The molecular weight excluding hydrogens is 383 g/mol. The van der Waals surface area contributed by atoms with Crippen LogP contribution in [0.15, 0.2) is 42.5 Å². The Morgan fingerprint density at radius 2 is 1.97 bits per heavy atom. The average molecular weight is 413 g/mol. The molecule has 0 bridgehead atoms. The van der Waals surface area contributed by atoms with Crippen molar-refractivity contribution in [3.63, 3.8) is 0 Å². The van der Waals surface area contributed by atoms with Crippen LogP contribution in [0.4, 0.5) is 4.39 Å². The van der Waals surface area contributed by atoms with Crippen LogP contribution in [0.3, 0.4) is 0 Å². The Hall–Kier alpha value is -2.60. The lowest BCUT2D eigenvalue weighted by Gasteiger charge is -2.29. The number of carbonyl (C=O) groups is 1. The molecule has 0 unspecified atom stereocenters. The maximum absolute atomic E-state index is 13.8. The molecule has 0 N–H and O–H groups in total. The van der Waals surface area contributed by atoms with Crippen LogP contribution in [0.1, 0.15) is 24.1 Å². The molecule has 4 rings (SSSR count). The van der Waals surface area contributed by atoms with E-state index in [9.17, 15) is 9.18 Å². The number of methoxy groups -OCH3 is 1. The summed E-state index contributed by atoms with van der Waals surface area (Å²) in [6.07, 6.45) is 0. The van der Waals surface area contributed by atoms with Gasteiger partial charge in [-0.25, -0.2) is 4.39 Å². The Morgan fingerprint density at radius 1 is 1.13 bits per heavy atom. The molecule has 6 heteroatoms. The molecule has 0 aromatic heterocycles. The van der Waals surface area contributed by atoms with Crippen molar-refractivity contribution in [2.45, 2.75) is 19.9 Å². The summed E-state index contributed by atoms with van der Waals surface area (Å²) in [6, 6.07) is 12.5. The van der Waals surface area contributed by atoms with Crippen molar-refractivity contribution in [3.05, 3.63) is 59.4 Å². The van der Waals surface area contributed by atoms with Gasteiger partial charge in [0.05, 0.1) is 13.2 Å². The van der Waals surface area contributed by atoms with Gasteiger partial charge in [-0.2, -0.15) is 0 Å². The molecule has 2 aromatic carbocycles. The van der Waals surface area contributed by atoms with E-state index in [4.69, 9.17) is 9.47 Å². The third kappa shape index (κ3) is 4.15. The number of hydrogen-bond acceptors (Lipinski definition) is 4. The Kier molecular flexibility index (Phi) is 5.95. The molecule has 2 heterocycles. The zero-order valence-electron chi connectivity index (χ0n) is 17.8. The number of carbonyl (C=O) groups excluding carboxylic acids is 1. The van der Waals surface area contributed by atoms with Crippen molar-refractivity contribution < 1.29 is 18.7 Å². The van der Waals surface area contributed by atoms with Crippen LogP contribution in [-0.2, 0) is 4.79 Å². The topological polar surface area (TPSA) is 42.0 Å². The number of rotatable bonds is 6. The lowest BCUT2D eigenvalue weighted by Crippen LogP contribution is -2.35. The van der Waals surface area contributed by atoms with E-state index in [1.54, 1.807) is 26.2 Å². The minimum absolute atomic E-state index is 0.0556. The van der Waals surface area contributed by atoms with Gasteiger partial charge in [0, 0.05) is 39.0 Å². The Labute approximate surface area is 177 Å². The van der Waals surface area contributed by atoms with E-state index in [-0.39, 0.29) is 17.8 Å². The van der Waals surface area contributed by atoms with Gasteiger partial charge in [0.25, 0.3) is 0 Å². The zero-order valence-corrected chi connectivity index (χ0v) is 17.8. The maximum atomic E-state index is 13.8. The molecule has 0 aliphatic carbocycles. The normalized spacial score (nSPS) is 23.5. The minimum atomic E-state index is -0.255. The third-order valence-corrected chi connectivity index (χ3v) is 6.32. The number of fused-ring (bicyclic) bond motifs is 1. The number of halogens is 1. The summed E-state index contributed by atoms with van der Waals surface area (Å²) >= 11 is 0. The van der Waals surface area contributed by atoms with Crippen molar-refractivity contribution in [2.24, 2.45) is 11.8 Å². The van der Waals surface area contributed by atoms with E-state index in [2.05, 4.69) is 4.90 Å². The summed E-state index contributed by atoms with van der Waals surface area (Å²) in [5.41, 5.74) is 2.02. The van der Waals surface area contributed by atoms with E-state index < -0.39 is 0 Å². The molecule has 3 atom stereocenters. The number of ether oxygens (including phenoxy) is 2. The van der Waals surface area contributed by atoms with Crippen LogP contribution in [0.25, 0.3) is 0 Å². The van der Waals surface area contributed by atoms with Gasteiger partial charge in [-0.1, -0.05) is 18.2 Å². The summed E-state index contributed by atoms with van der Waals surface area (Å²) < 4.78 is 25.2. The second-order valence-corrected chi connectivity index (χ2v) is 8.36. The van der Waals surface area contributed by atoms with Crippen LogP contribution >= 0.6 is 0 Å². The lowest BCUT2D eigenvalue weighted by molar-refractivity contribution is -0.130. The van der Waals surface area contributed by atoms with Crippen LogP contribution in [0.5, 0.6) is 11.5 Å². The smallest absolute Gasteiger partial charge is 0.219 e. The number of likely N-dealkylation sites (tertiary alicyclic amines) is 2. The van der Waals surface area contributed by atoms with Crippen molar-refractivity contribution in [1.29, 1.82) is 0 Å². The first-order valence-electron chi connectivity index (χ1n) is 10.5. The Balaban J connectivity index is 1.40. The standard InChI is InChI=1S/C24H29FN2O3/c1-16-7-8-22(23(11-16)29-3)30-10-9-26-13-19-14-27(17(2)28)24(21(19)15-26)18-5-4-6-20(25)12-18/h4-8,11-12,19,21,24H,9-10,13-15H2,1-3H3/t19-,21-,24-/m1/s1. The first kappa shape index (κ1) is 20.7. The molecular formula is C24H29FN2O3. The van der Waals surface area contributed by atoms with Crippen LogP contribution < -0.4 is 9.47 Å². The second-order valence-electron chi connectivity index (χ2n) is 8.36. The Morgan fingerprint density at radius 3 is 2.70 bits per heavy atom. The van der Waals surface area contributed by atoms with Crippen LogP contribution in [-0.4, -0.2) is 55.6 Å². The predicted molar refractivity (Wildman–Crippen MR) is 113 cm³/mol. The summed E-state index contributed by atoms with van der Waals surface area (Å²) in [7, 11) is 1.65. The number of hydrogen-bond donors (Lipinski definition) is 0. The highest BCUT2D eigenvalue weighted by Gasteiger charge is 2.48. The predicted octanol–water partition coefficient (Wildman–Crippen LogP) is 3.67. The molecule has 5 nitrogen and oxygen atoms in total. The fourth-order valence-corrected chi connectivity index (χ4v) is 4.94. The number of nitrogens with zero attached hydrogens (tertiary/aromatic N) is 2. The Bertz CT molecular complexity index is 919. The van der Waals surface area contributed by atoms with E-state index in [1.165, 1.54) is 6.07 Å². The van der Waals surface area contributed by atoms with Crippen molar-refractivity contribution in [3.8, 4) is 11.5 Å². The quantitative estimate of drug-likeness (QED) is 0.726. The van der Waals surface area contributed by atoms with E-state index in [0.29, 0.717) is 18.4 Å². The third-order valence-electron chi connectivity index (χ3n) is 6.32. The molecule has 1 amide bonds. The van der Waals surface area contributed by atoms with Crippen molar-refractivity contribution >= 4 is 5.91 Å². The zero-order chi connectivity index (χ0) is 21.3. The van der Waals surface area contributed by atoms with Gasteiger partial charge in [-0.05, 0) is 48.2 Å². The lowest BCUT2D eigenvalue weighted by atomic mass is 9.89. The maximum Gasteiger partial charge on any atom is 0.219 e. The van der Waals surface area contributed by atoms with E-state index in [0.717, 1.165) is 48.8 Å². The highest BCUT2D eigenvalue weighted by molar-refractivity contribution is 5.74. The fraction of sp³-hybridized carbons (Fsp3) is 0.458. The molecule has 2 aromatic rings. The number of amides is 1. The summed E-state index contributed by atoms with van der Waals surface area (Å²) in [5.74, 6) is 2.01. The van der Waals surface area contributed by atoms with Gasteiger partial charge in [0.1, 0.15) is 12.4 Å². The van der Waals surface area contributed by atoms with Crippen LogP contribution in [0.2, 0.25) is 0 Å². The fourth-order valence-electron chi connectivity index (χ4n) is 4.94. The van der Waals surface area contributed by atoms with Gasteiger partial charge in [-0.3, -0.25) is 9.69 Å². The van der Waals surface area contributed by atoms with Crippen LogP contribution in [0, 0.1) is 24.6 Å². The average Bonchev–Trinajstić information content (AvgIpc) is 3.26. The van der Waals surface area contributed by atoms with E-state index >= 15 is 0 Å². The van der Waals surface area contributed by atoms with Gasteiger partial charge in [0.15, 0.2) is 11.5 Å². The monoisotopic (exact) mass is 412 g/mol. The molecule has 2 saturated heterocycles. The number of benzene rings is 2. The second kappa shape index (κ2) is 8.64. The molecule has 2 fully saturated rings. The van der Waals surface area contributed by atoms with Gasteiger partial charge in [0.2, 0.25) is 5.91 Å². The molecule has 160 valence electrons. The molecule has 2 aliphatic rings. The summed E-state index contributed by atoms with van der Waals surface area (Å²) in [6.45, 7) is 7.53. The first-order chi connectivity index (χ1) is 14.5. The SMILES string of the molecule is COc1cc(C)ccc1OCCN1C[C@@H]2CN(C(C)=O)[C@H](c3cccc(F)c3)[C@@H]2C1. The van der Waals surface area contributed by atoms with E-state index in [1.807, 2.05) is 36.1 Å². The molecule has 2 aliphatic heterocycles. The van der Waals surface area contributed by atoms with Gasteiger partial charge in [-0.15, -0.1) is 0 Å². The summed E-state index contributed by atoms with van der Waals surface area (Å²) in [5, 5.41) is 0. The first-order valence-corrected chi connectivity index (χ1v) is 10.5. The molecule has 0 radical (unpaired) electrons. The van der Waals surface area contributed by atoms with Gasteiger partial charge < -0.3 is 14.4 Å². The summed E-state index contributed by atoms with van der Waals surface area (Å²) in [4.78, 5) is 16.5. The van der Waals surface area contributed by atoms with Crippen molar-refractivity contribution in [1.82, 2.24) is 9.80 Å². The number of aryl methyl sites for hydroxylation is 1. The molecule has 0 spiro atoms. The van der Waals surface area contributed by atoms with Gasteiger partial charge >= 0.3 is 0 Å². The highest BCUT2D eigenvalue weighted by Crippen LogP contribution is 2.45. The minimum Gasteiger partial charge on any atom is -0.493 e. The highest BCUT2D eigenvalue weighted by atomic mass is 19.1. The molecule has 0 saturated carbocycles. The van der Waals surface area contributed by atoms with Crippen molar-refractivity contribution in [2.75, 3.05) is 39.9 Å².